The second-order valence-electron chi connectivity index (χ2n) is 11.2. The van der Waals surface area contributed by atoms with Crippen molar-refractivity contribution in [1.82, 2.24) is 29.5 Å². The Labute approximate surface area is 224 Å². The molecule has 2 N–H and O–H groups in total. The Morgan fingerprint density at radius 2 is 1.82 bits per heavy atom. The Hall–Kier alpha value is -4.28. The third kappa shape index (κ3) is 4.03. The lowest BCUT2D eigenvalue weighted by atomic mass is 9.80. The quantitative estimate of drug-likeness (QED) is 0.452. The van der Waals surface area contributed by atoms with Gasteiger partial charge in [0.05, 0.1) is 41.1 Å². The van der Waals surface area contributed by atoms with Gasteiger partial charge in [-0.25, -0.2) is 4.98 Å². The zero-order valence-electron chi connectivity index (χ0n) is 21.6. The molecule has 11 nitrogen and oxygen atoms in total. The number of hydrogen-bond donors (Lipinski definition) is 2. The second-order valence-corrected chi connectivity index (χ2v) is 11.2. The van der Waals surface area contributed by atoms with Gasteiger partial charge in [0.2, 0.25) is 11.8 Å². The van der Waals surface area contributed by atoms with E-state index in [4.69, 9.17) is 5.10 Å². The Kier molecular flexibility index (Phi) is 5.43. The summed E-state index contributed by atoms with van der Waals surface area (Å²) in [5.74, 6) is -0.961. The number of amides is 4. The molecule has 1 atom stereocenters. The van der Waals surface area contributed by atoms with E-state index >= 15 is 0 Å². The highest BCUT2D eigenvalue weighted by atomic mass is 16.2. The van der Waals surface area contributed by atoms with Crippen molar-refractivity contribution in [3.05, 3.63) is 53.7 Å². The van der Waals surface area contributed by atoms with Crippen molar-refractivity contribution in [3.8, 4) is 11.3 Å². The van der Waals surface area contributed by atoms with Crippen molar-refractivity contribution in [1.29, 1.82) is 0 Å². The largest absolute Gasteiger partial charge is 0.385 e. The van der Waals surface area contributed by atoms with Gasteiger partial charge >= 0.3 is 0 Å². The zero-order valence-corrected chi connectivity index (χ0v) is 21.6. The third-order valence-electron chi connectivity index (χ3n) is 8.44. The maximum absolute atomic E-state index is 13.1. The highest BCUT2D eigenvalue weighted by Crippen LogP contribution is 2.45. The Bertz CT molecular complexity index is 1530. The number of carbonyl (C=O) groups is 4. The van der Waals surface area contributed by atoms with Crippen LogP contribution >= 0.6 is 0 Å². The summed E-state index contributed by atoms with van der Waals surface area (Å²) in [6, 6.07) is 4.52. The standard InChI is InChI=1S/C28H29N7O4/c1-33-14-29-12-23(33)21-13-34(32-25(21)16-2-3-16)18-8-15(9-18)11-30-17-4-5-19-20(10-17)28(39)35(27(19)38)22-6-7-24(36)31-26(22)37/h4-5,10,12-16,18,22,30H,2-3,6-9,11H2,1H3,(H,31,36,37)/t15-,18-,22?. The van der Waals surface area contributed by atoms with Crippen molar-refractivity contribution >= 4 is 29.3 Å². The van der Waals surface area contributed by atoms with Gasteiger partial charge in [0.1, 0.15) is 6.04 Å². The molecule has 4 heterocycles. The first kappa shape index (κ1) is 23.8. The summed E-state index contributed by atoms with van der Waals surface area (Å²) < 4.78 is 4.18. The summed E-state index contributed by atoms with van der Waals surface area (Å²) in [5, 5.41) is 10.6. The summed E-state index contributed by atoms with van der Waals surface area (Å²) in [7, 11) is 2.01. The minimum Gasteiger partial charge on any atom is -0.385 e. The van der Waals surface area contributed by atoms with Crippen LogP contribution in [0.3, 0.4) is 0 Å². The molecule has 1 saturated heterocycles. The number of imidazole rings is 1. The van der Waals surface area contributed by atoms with Gasteiger partial charge in [-0.05, 0) is 56.2 Å². The molecule has 11 heteroatoms. The van der Waals surface area contributed by atoms with E-state index in [1.54, 1.807) is 18.2 Å². The molecular weight excluding hydrogens is 498 g/mol. The molecule has 3 fully saturated rings. The minimum atomic E-state index is -0.959. The summed E-state index contributed by atoms with van der Waals surface area (Å²) in [5.41, 5.74) is 4.80. The number of fused-ring (bicyclic) bond motifs is 1. The average Bonchev–Trinajstić information content (AvgIpc) is 3.43. The molecule has 2 aliphatic carbocycles. The van der Waals surface area contributed by atoms with Crippen LogP contribution in [0.15, 0.2) is 36.9 Å². The second kappa shape index (κ2) is 8.89. The van der Waals surface area contributed by atoms with Gasteiger partial charge in [-0.2, -0.15) is 5.10 Å². The lowest BCUT2D eigenvalue weighted by Gasteiger charge is -2.35. The van der Waals surface area contributed by atoms with E-state index in [1.165, 1.54) is 24.1 Å². The smallest absolute Gasteiger partial charge is 0.262 e. The van der Waals surface area contributed by atoms with Gasteiger partial charge in [0, 0.05) is 43.4 Å². The zero-order chi connectivity index (χ0) is 26.8. The first-order chi connectivity index (χ1) is 18.9. The lowest BCUT2D eigenvalue weighted by Crippen LogP contribution is -2.54. The minimum absolute atomic E-state index is 0.101. The van der Waals surface area contributed by atoms with Crippen LogP contribution in [0.25, 0.3) is 11.3 Å². The number of nitrogens with one attached hydrogen (secondary N) is 2. The predicted molar refractivity (Wildman–Crippen MR) is 140 cm³/mol. The fourth-order valence-electron chi connectivity index (χ4n) is 5.99. The first-order valence-corrected chi connectivity index (χ1v) is 13.5. The molecule has 2 aromatic heterocycles. The van der Waals surface area contributed by atoms with Gasteiger partial charge in [-0.15, -0.1) is 0 Å². The van der Waals surface area contributed by atoms with Crippen molar-refractivity contribution in [2.75, 3.05) is 11.9 Å². The highest BCUT2D eigenvalue weighted by molar-refractivity contribution is 6.23. The molecular formula is C28H29N7O4. The first-order valence-electron chi connectivity index (χ1n) is 13.5. The van der Waals surface area contributed by atoms with Crippen LogP contribution in [0.1, 0.15) is 76.9 Å². The Morgan fingerprint density at radius 1 is 1.03 bits per heavy atom. The van der Waals surface area contributed by atoms with Crippen molar-refractivity contribution in [2.45, 2.75) is 56.5 Å². The molecule has 3 aromatic rings. The van der Waals surface area contributed by atoms with Gasteiger partial charge in [-0.3, -0.25) is 34.1 Å². The van der Waals surface area contributed by atoms with Crippen LogP contribution < -0.4 is 10.6 Å². The topological polar surface area (TPSA) is 131 Å². The number of imide groups is 2. The number of nitrogens with zero attached hydrogens (tertiary/aromatic N) is 5. The van der Waals surface area contributed by atoms with Gasteiger partial charge in [0.25, 0.3) is 11.8 Å². The lowest BCUT2D eigenvalue weighted by molar-refractivity contribution is -0.136. The van der Waals surface area contributed by atoms with E-state index < -0.39 is 23.8 Å². The normalized spacial score (nSPS) is 24.5. The van der Waals surface area contributed by atoms with Crippen molar-refractivity contribution < 1.29 is 19.2 Å². The maximum Gasteiger partial charge on any atom is 0.262 e. The predicted octanol–water partition coefficient (Wildman–Crippen LogP) is 2.63. The number of rotatable bonds is 7. The number of hydrogen-bond acceptors (Lipinski definition) is 7. The molecule has 200 valence electrons. The number of aryl methyl sites for hydroxylation is 1. The molecule has 1 unspecified atom stereocenters. The molecule has 7 rings (SSSR count). The van der Waals surface area contributed by atoms with Gasteiger partial charge in [0.15, 0.2) is 0 Å². The third-order valence-corrected chi connectivity index (χ3v) is 8.44. The SMILES string of the molecule is Cn1cncc1-c1cn([C@H]2C[C@H](CNc3ccc4c(c3)C(=O)N(C3CCC(=O)NC3=O)C4=O)C2)nc1C1CC1. The number of piperidine rings is 1. The Morgan fingerprint density at radius 3 is 2.54 bits per heavy atom. The van der Waals surface area contributed by atoms with Gasteiger partial charge < -0.3 is 9.88 Å². The molecule has 4 amide bonds. The maximum atomic E-state index is 13.1. The average molecular weight is 528 g/mol. The molecule has 4 aliphatic rings. The molecule has 2 saturated carbocycles. The van der Waals surface area contributed by atoms with E-state index in [0.29, 0.717) is 17.9 Å². The Balaban J connectivity index is 0.989. The van der Waals surface area contributed by atoms with E-state index in [2.05, 4.69) is 26.5 Å². The van der Waals surface area contributed by atoms with Crippen LogP contribution in [0.4, 0.5) is 5.69 Å². The highest BCUT2D eigenvalue weighted by Gasteiger charge is 2.44. The van der Waals surface area contributed by atoms with Crippen LogP contribution in [-0.4, -0.2) is 60.4 Å². The molecule has 2 aliphatic heterocycles. The number of aromatic nitrogens is 4. The van der Waals surface area contributed by atoms with Crippen molar-refractivity contribution in [2.24, 2.45) is 13.0 Å². The number of anilines is 1. The van der Waals surface area contributed by atoms with E-state index in [1.807, 2.05) is 24.1 Å². The van der Waals surface area contributed by atoms with Crippen LogP contribution in [0, 0.1) is 5.92 Å². The van der Waals surface area contributed by atoms with Crippen LogP contribution in [0.5, 0.6) is 0 Å². The molecule has 0 radical (unpaired) electrons. The fourth-order valence-corrected chi connectivity index (χ4v) is 5.99. The summed E-state index contributed by atoms with van der Waals surface area (Å²) in [4.78, 5) is 55.0. The molecule has 1 aromatic carbocycles. The summed E-state index contributed by atoms with van der Waals surface area (Å²) in [6.45, 7) is 0.750. The van der Waals surface area contributed by atoms with E-state index in [-0.39, 0.29) is 29.9 Å². The molecule has 0 bridgehead atoms. The van der Waals surface area contributed by atoms with Crippen molar-refractivity contribution in [3.63, 3.8) is 0 Å². The van der Waals surface area contributed by atoms with E-state index in [0.717, 1.165) is 35.7 Å². The number of benzene rings is 1. The summed E-state index contributed by atoms with van der Waals surface area (Å²) >= 11 is 0. The van der Waals surface area contributed by atoms with Crippen LogP contribution in [0.2, 0.25) is 0 Å². The number of carbonyl (C=O) groups excluding carboxylic acids is 4. The molecule has 39 heavy (non-hydrogen) atoms. The van der Waals surface area contributed by atoms with Gasteiger partial charge in [-0.1, -0.05) is 0 Å². The fraction of sp³-hybridized carbons (Fsp3) is 0.429. The molecule has 0 spiro atoms. The monoisotopic (exact) mass is 527 g/mol. The van der Waals surface area contributed by atoms with E-state index in [9.17, 15) is 19.2 Å². The summed E-state index contributed by atoms with van der Waals surface area (Å²) in [6.07, 6.45) is 10.6. The van der Waals surface area contributed by atoms with Crippen LogP contribution in [-0.2, 0) is 16.6 Å².